The summed E-state index contributed by atoms with van der Waals surface area (Å²) in [7, 11) is 0. The molecule has 0 radical (unpaired) electrons. The molecule has 1 fully saturated rings. The molecule has 0 saturated carbocycles. The summed E-state index contributed by atoms with van der Waals surface area (Å²) >= 11 is 3.61. The third-order valence-electron chi connectivity index (χ3n) is 4.67. The van der Waals surface area contributed by atoms with Crippen molar-refractivity contribution in [2.45, 2.75) is 51.9 Å². The SMILES string of the molecule is CCCCCC1(C)CCNCC1c1cccc(Br)c1. The monoisotopic (exact) mass is 323 g/mol. The molecule has 2 unspecified atom stereocenters. The summed E-state index contributed by atoms with van der Waals surface area (Å²) in [6.07, 6.45) is 6.72. The van der Waals surface area contributed by atoms with Crippen LogP contribution in [0.3, 0.4) is 0 Å². The second-order valence-electron chi connectivity index (χ2n) is 6.17. The van der Waals surface area contributed by atoms with Gasteiger partial charge in [-0.3, -0.25) is 0 Å². The highest BCUT2D eigenvalue weighted by Gasteiger charge is 2.36. The third kappa shape index (κ3) is 3.82. The number of benzene rings is 1. The first-order valence-corrected chi connectivity index (χ1v) is 8.41. The molecule has 106 valence electrons. The summed E-state index contributed by atoms with van der Waals surface area (Å²) in [4.78, 5) is 0. The zero-order valence-electron chi connectivity index (χ0n) is 12.2. The van der Waals surface area contributed by atoms with Gasteiger partial charge in [0, 0.05) is 16.9 Å². The Bertz CT molecular complexity index is 404. The van der Waals surface area contributed by atoms with Gasteiger partial charge in [-0.25, -0.2) is 0 Å². The molecule has 1 N–H and O–H groups in total. The normalized spacial score (nSPS) is 27.4. The summed E-state index contributed by atoms with van der Waals surface area (Å²) in [5.41, 5.74) is 1.95. The van der Waals surface area contributed by atoms with Crippen molar-refractivity contribution < 1.29 is 0 Å². The van der Waals surface area contributed by atoms with E-state index in [0.29, 0.717) is 11.3 Å². The van der Waals surface area contributed by atoms with Gasteiger partial charge in [0.25, 0.3) is 0 Å². The van der Waals surface area contributed by atoms with Crippen molar-refractivity contribution in [2.75, 3.05) is 13.1 Å². The molecule has 1 aliphatic rings. The third-order valence-corrected chi connectivity index (χ3v) is 5.16. The van der Waals surface area contributed by atoms with Crippen LogP contribution in [0.4, 0.5) is 0 Å². The number of rotatable bonds is 5. The van der Waals surface area contributed by atoms with Gasteiger partial charge in [0.1, 0.15) is 0 Å². The Labute approximate surface area is 126 Å². The van der Waals surface area contributed by atoms with E-state index in [4.69, 9.17) is 0 Å². The summed E-state index contributed by atoms with van der Waals surface area (Å²) in [6, 6.07) is 8.88. The summed E-state index contributed by atoms with van der Waals surface area (Å²) in [5, 5.41) is 3.58. The van der Waals surface area contributed by atoms with Gasteiger partial charge in [-0.1, -0.05) is 61.2 Å². The van der Waals surface area contributed by atoms with Crippen LogP contribution >= 0.6 is 15.9 Å². The molecular formula is C17H26BrN. The molecule has 0 amide bonds. The molecule has 2 heteroatoms. The Balaban J connectivity index is 2.15. The average Bonchev–Trinajstić information content (AvgIpc) is 2.39. The van der Waals surface area contributed by atoms with E-state index in [-0.39, 0.29) is 0 Å². The molecule has 0 aromatic heterocycles. The molecule has 0 aliphatic carbocycles. The molecule has 1 aliphatic heterocycles. The van der Waals surface area contributed by atoms with Crippen molar-refractivity contribution in [1.29, 1.82) is 0 Å². The van der Waals surface area contributed by atoms with E-state index in [1.165, 1.54) is 48.7 Å². The zero-order chi connectivity index (χ0) is 13.7. The lowest BCUT2D eigenvalue weighted by atomic mass is 9.66. The van der Waals surface area contributed by atoms with Crippen molar-refractivity contribution in [1.82, 2.24) is 5.32 Å². The smallest absolute Gasteiger partial charge is 0.0178 e. The van der Waals surface area contributed by atoms with E-state index in [9.17, 15) is 0 Å². The van der Waals surface area contributed by atoms with Crippen LogP contribution in [0.25, 0.3) is 0 Å². The van der Waals surface area contributed by atoms with Crippen molar-refractivity contribution in [2.24, 2.45) is 5.41 Å². The fourth-order valence-corrected chi connectivity index (χ4v) is 3.78. The van der Waals surface area contributed by atoms with Gasteiger partial charge in [-0.2, -0.15) is 0 Å². The molecule has 0 bridgehead atoms. The standard InChI is InChI=1S/C17H26BrN/c1-3-4-5-9-17(2)10-11-19-13-16(17)14-7-6-8-15(18)12-14/h6-8,12,16,19H,3-5,9-11,13H2,1-2H3. The minimum Gasteiger partial charge on any atom is -0.316 e. The van der Waals surface area contributed by atoms with Crippen molar-refractivity contribution in [3.63, 3.8) is 0 Å². The van der Waals surface area contributed by atoms with Crippen molar-refractivity contribution >= 4 is 15.9 Å². The van der Waals surface area contributed by atoms with E-state index < -0.39 is 0 Å². The first-order valence-electron chi connectivity index (χ1n) is 7.62. The van der Waals surface area contributed by atoms with Crippen LogP contribution < -0.4 is 5.32 Å². The lowest BCUT2D eigenvalue weighted by molar-refractivity contribution is 0.167. The maximum atomic E-state index is 3.61. The molecule has 2 atom stereocenters. The van der Waals surface area contributed by atoms with Gasteiger partial charge in [-0.05, 0) is 42.5 Å². The lowest BCUT2D eigenvalue weighted by Crippen LogP contribution is -2.42. The molecule has 1 aromatic carbocycles. The van der Waals surface area contributed by atoms with E-state index in [2.05, 4.69) is 59.4 Å². The number of hydrogen-bond donors (Lipinski definition) is 1. The van der Waals surface area contributed by atoms with Crippen LogP contribution in [0, 0.1) is 5.41 Å². The maximum Gasteiger partial charge on any atom is 0.0178 e. The molecular weight excluding hydrogens is 298 g/mol. The minimum atomic E-state index is 0.460. The van der Waals surface area contributed by atoms with Crippen LogP contribution in [0.1, 0.15) is 57.4 Å². The van der Waals surface area contributed by atoms with Gasteiger partial charge in [0.2, 0.25) is 0 Å². The highest BCUT2D eigenvalue weighted by atomic mass is 79.9. The van der Waals surface area contributed by atoms with Crippen LogP contribution in [0.2, 0.25) is 0 Å². The van der Waals surface area contributed by atoms with E-state index >= 15 is 0 Å². The first kappa shape index (κ1) is 15.1. The van der Waals surface area contributed by atoms with Crippen LogP contribution in [0.15, 0.2) is 28.7 Å². The van der Waals surface area contributed by atoms with E-state index in [0.717, 1.165) is 6.54 Å². The average molecular weight is 324 g/mol. The number of hydrogen-bond acceptors (Lipinski definition) is 1. The topological polar surface area (TPSA) is 12.0 Å². The van der Waals surface area contributed by atoms with Crippen molar-refractivity contribution in [3.8, 4) is 0 Å². The largest absolute Gasteiger partial charge is 0.316 e. The molecule has 1 aromatic rings. The molecule has 1 heterocycles. The molecule has 1 saturated heterocycles. The van der Waals surface area contributed by atoms with Crippen molar-refractivity contribution in [3.05, 3.63) is 34.3 Å². The minimum absolute atomic E-state index is 0.460. The second kappa shape index (κ2) is 6.90. The highest BCUT2D eigenvalue weighted by Crippen LogP contribution is 2.44. The molecule has 0 spiro atoms. The van der Waals surface area contributed by atoms with Crippen LogP contribution in [0.5, 0.6) is 0 Å². The number of halogens is 1. The summed E-state index contributed by atoms with van der Waals surface area (Å²) in [6.45, 7) is 7.08. The second-order valence-corrected chi connectivity index (χ2v) is 7.09. The Morgan fingerprint density at radius 2 is 2.21 bits per heavy atom. The van der Waals surface area contributed by atoms with E-state index in [1.54, 1.807) is 0 Å². The zero-order valence-corrected chi connectivity index (χ0v) is 13.8. The van der Waals surface area contributed by atoms with Gasteiger partial charge in [-0.15, -0.1) is 0 Å². The number of unbranched alkanes of at least 4 members (excludes halogenated alkanes) is 2. The van der Waals surface area contributed by atoms with E-state index in [1.807, 2.05) is 0 Å². The Morgan fingerprint density at radius 1 is 1.37 bits per heavy atom. The van der Waals surface area contributed by atoms with Gasteiger partial charge < -0.3 is 5.32 Å². The predicted molar refractivity (Wildman–Crippen MR) is 86.6 cm³/mol. The Hall–Kier alpha value is -0.340. The van der Waals surface area contributed by atoms with Gasteiger partial charge >= 0.3 is 0 Å². The first-order chi connectivity index (χ1) is 9.15. The Morgan fingerprint density at radius 3 is 2.95 bits per heavy atom. The summed E-state index contributed by atoms with van der Waals surface area (Å²) < 4.78 is 1.20. The molecule has 19 heavy (non-hydrogen) atoms. The maximum absolute atomic E-state index is 3.61. The molecule has 2 rings (SSSR count). The summed E-state index contributed by atoms with van der Waals surface area (Å²) in [5.74, 6) is 0.649. The van der Waals surface area contributed by atoms with Crippen LogP contribution in [-0.4, -0.2) is 13.1 Å². The quantitative estimate of drug-likeness (QED) is 0.742. The highest BCUT2D eigenvalue weighted by molar-refractivity contribution is 9.10. The number of piperidine rings is 1. The lowest BCUT2D eigenvalue weighted by Gasteiger charge is -2.42. The van der Waals surface area contributed by atoms with Gasteiger partial charge in [0.05, 0.1) is 0 Å². The Kier molecular flexibility index (Phi) is 5.47. The van der Waals surface area contributed by atoms with Gasteiger partial charge in [0.15, 0.2) is 0 Å². The molecule has 1 nitrogen and oxygen atoms in total. The predicted octanol–water partition coefficient (Wildman–Crippen LogP) is 5.11. The fourth-order valence-electron chi connectivity index (χ4n) is 3.36. The number of nitrogens with one attached hydrogen (secondary N) is 1. The fraction of sp³-hybridized carbons (Fsp3) is 0.647. The van der Waals surface area contributed by atoms with Crippen LogP contribution in [-0.2, 0) is 0 Å².